The first-order valence-electron chi connectivity index (χ1n) is 12.2. The highest BCUT2D eigenvalue weighted by molar-refractivity contribution is 14.0. The van der Waals surface area contributed by atoms with Crippen LogP contribution in [-0.2, 0) is 17.9 Å². The normalized spacial score (nSPS) is 20.1. The zero-order valence-electron chi connectivity index (χ0n) is 20.1. The highest BCUT2D eigenvalue weighted by Crippen LogP contribution is 2.15. The topological polar surface area (TPSA) is 60.0 Å². The molecule has 1 aromatic carbocycles. The largest absolute Gasteiger partial charge is 0.357 e. The summed E-state index contributed by atoms with van der Waals surface area (Å²) in [5, 5.41) is 6.90. The summed E-state index contributed by atoms with van der Waals surface area (Å²) in [6, 6.07) is 9.12. The van der Waals surface area contributed by atoms with Gasteiger partial charge in [-0.1, -0.05) is 51.0 Å². The molecule has 0 bridgehead atoms. The fourth-order valence-corrected chi connectivity index (χ4v) is 4.51. The smallest absolute Gasteiger partial charge is 0.225 e. The molecule has 0 aromatic heterocycles. The molecule has 0 spiro atoms. The van der Waals surface area contributed by atoms with E-state index in [-0.39, 0.29) is 41.8 Å². The number of hydrogen-bond acceptors (Lipinski definition) is 3. The Hall–Kier alpha value is -1.35. The Morgan fingerprint density at radius 1 is 1.12 bits per heavy atom. The summed E-state index contributed by atoms with van der Waals surface area (Å²) in [6.07, 6.45) is 6.35. The Kier molecular flexibility index (Phi) is 11.8. The third-order valence-electron chi connectivity index (χ3n) is 6.19. The third-order valence-corrected chi connectivity index (χ3v) is 6.19. The van der Waals surface area contributed by atoms with Crippen LogP contribution in [0.1, 0.15) is 64.0 Å². The zero-order valence-corrected chi connectivity index (χ0v) is 22.4. The van der Waals surface area contributed by atoms with Gasteiger partial charge in [0.2, 0.25) is 5.91 Å². The van der Waals surface area contributed by atoms with E-state index < -0.39 is 0 Å². The van der Waals surface area contributed by atoms with Gasteiger partial charge in [-0.25, -0.2) is 4.99 Å². The second kappa shape index (κ2) is 14.0. The predicted molar refractivity (Wildman–Crippen MR) is 143 cm³/mol. The van der Waals surface area contributed by atoms with Crippen molar-refractivity contribution in [1.82, 2.24) is 20.4 Å². The molecule has 1 unspecified atom stereocenters. The van der Waals surface area contributed by atoms with Crippen molar-refractivity contribution in [1.29, 1.82) is 0 Å². The lowest BCUT2D eigenvalue weighted by molar-refractivity contribution is -0.133. The SMILES string of the molecule is CCNC(=NCc1cccc(CN2CCCCCC2)c1)NC1CCN(C(=O)C(C)C)C1.I. The van der Waals surface area contributed by atoms with E-state index in [4.69, 9.17) is 4.99 Å². The molecular weight excluding hydrogens is 513 g/mol. The van der Waals surface area contributed by atoms with Gasteiger partial charge in [-0.3, -0.25) is 9.69 Å². The number of hydrogen-bond donors (Lipinski definition) is 2. The van der Waals surface area contributed by atoms with Gasteiger partial charge in [-0.05, 0) is 50.4 Å². The summed E-state index contributed by atoms with van der Waals surface area (Å²) < 4.78 is 0. The van der Waals surface area contributed by atoms with Crippen LogP contribution in [0.15, 0.2) is 29.3 Å². The first-order chi connectivity index (χ1) is 15.0. The molecule has 6 nitrogen and oxygen atoms in total. The molecule has 2 fully saturated rings. The van der Waals surface area contributed by atoms with Gasteiger partial charge in [0, 0.05) is 38.1 Å². The lowest BCUT2D eigenvalue weighted by atomic mass is 10.1. The molecular formula is C25H42IN5O. The van der Waals surface area contributed by atoms with Crippen LogP contribution in [0.2, 0.25) is 0 Å². The molecule has 1 aromatic rings. The summed E-state index contributed by atoms with van der Waals surface area (Å²) in [6.45, 7) is 12.6. The maximum atomic E-state index is 12.3. The van der Waals surface area contributed by atoms with Gasteiger partial charge >= 0.3 is 0 Å². The molecule has 0 aliphatic carbocycles. The summed E-state index contributed by atoms with van der Waals surface area (Å²) in [5.41, 5.74) is 2.62. The Morgan fingerprint density at radius 3 is 2.53 bits per heavy atom. The Morgan fingerprint density at radius 2 is 1.84 bits per heavy atom. The van der Waals surface area contributed by atoms with E-state index >= 15 is 0 Å². The van der Waals surface area contributed by atoms with E-state index in [9.17, 15) is 4.79 Å². The molecule has 180 valence electrons. The number of carbonyl (C=O) groups is 1. The molecule has 3 rings (SSSR count). The standard InChI is InChI=1S/C25H41N5O.HI/c1-4-26-25(28-23-12-15-30(19-23)24(31)20(2)3)27-17-21-10-9-11-22(16-21)18-29-13-7-5-6-8-14-29;/h9-11,16,20,23H,4-8,12-15,17-19H2,1-3H3,(H2,26,27,28);1H. The molecule has 2 heterocycles. The number of rotatable bonds is 7. The van der Waals surface area contributed by atoms with Crippen LogP contribution in [0.5, 0.6) is 0 Å². The number of carbonyl (C=O) groups excluding carboxylic acids is 1. The van der Waals surface area contributed by atoms with Crippen molar-refractivity contribution in [3.63, 3.8) is 0 Å². The minimum Gasteiger partial charge on any atom is -0.357 e. The first kappa shape index (κ1) is 26.9. The minimum absolute atomic E-state index is 0. The average Bonchev–Trinajstić information content (AvgIpc) is 3.07. The molecule has 7 heteroatoms. The summed E-state index contributed by atoms with van der Waals surface area (Å²) in [4.78, 5) is 21.6. The van der Waals surface area contributed by atoms with Gasteiger partial charge in [0.05, 0.1) is 6.54 Å². The van der Waals surface area contributed by atoms with E-state index in [1.165, 1.54) is 49.9 Å². The molecule has 0 saturated carbocycles. The zero-order chi connectivity index (χ0) is 22.1. The van der Waals surface area contributed by atoms with E-state index in [1.807, 2.05) is 18.7 Å². The highest BCUT2D eigenvalue weighted by atomic mass is 127. The maximum Gasteiger partial charge on any atom is 0.225 e. The van der Waals surface area contributed by atoms with Gasteiger partial charge in [-0.15, -0.1) is 24.0 Å². The molecule has 32 heavy (non-hydrogen) atoms. The summed E-state index contributed by atoms with van der Waals surface area (Å²) in [5.74, 6) is 1.14. The lowest BCUT2D eigenvalue weighted by Crippen LogP contribution is -2.45. The number of nitrogens with one attached hydrogen (secondary N) is 2. The van der Waals surface area contributed by atoms with Gasteiger partial charge in [0.1, 0.15) is 0 Å². The molecule has 2 aliphatic rings. The predicted octanol–water partition coefficient (Wildman–Crippen LogP) is 3.99. The van der Waals surface area contributed by atoms with Gasteiger partial charge in [-0.2, -0.15) is 0 Å². The maximum absolute atomic E-state index is 12.3. The monoisotopic (exact) mass is 555 g/mol. The number of halogens is 1. The molecule has 2 aliphatic heterocycles. The van der Waals surface area contributed by atoms with Crippen molar-refractivity contribution in [2.24, 2.45) is 10.9 Å². The second-order valence-electron chi connectivity index (χ2n) is 9.27. The van der Waals surface area contributed by atoms with Crippen molar-refractivity contribution in [2.45, 2.75) is 72.0 Å². The molecule has 0 radical (unpaired) electrons. The number of aliphatic imine (C=N–C) groups is 1. The van der Waals surface area contributed by atoms with Crippen molar-refractivity contribution < 1.29 is 4.79 Å². The molecule has 2 saturated heterocycles. The third kappa shape index (κ3) is 8.54. The quantitative estimate of drug-likeness (QED) is 0.304. The van der Waals surface area contributed by atoms with Crippen LogP contribution < -0.4 is 10.6 Å². The van der Waals surface area contributed by atoms with Crippen molar-refractivity contribution in [3.05, 3.63) is 35.4 Å². The number of nitrogens with zero attached hydrogens (tertiary/aromatic N) is 3. The fraction of sp³-hybridized carbons (Fsp3) is 0.680. The number of likely N-dealkylation sites (tertiary alicyclic amines) is 2. The summed E-state index contributed by atoms with van der Waals surface area (Å²) in [7, 11) is 0. The first-order valence-corrected chi connectivity index (χ1v) is 12.2. The molecule has 2 N–H and O–H groups in total. The second-order valence-corrected chi connectivity index (χ2v) is 9.27. The van der Waals surface area contributed by atoms with Gasteiger partial charge in [0.15, 0.2) is 5.96 Å². The Labute approximate surface area is 211 Å². The van der Waals surface area contributed by atoms with Gasteiger partial charge < -0.3 is 15.5 Å². The van der Waals surface area contributed by atoms with Crippen LogP contribution in [0.25, 0.3) is 0 Å². The van der Waals surface area contributed by atoms with Crippen LogP contribution in [-0.4, -0.2) is 60.4 Å². The highest BCUT2D eigenvalue weighted by Gasteiger charge is 2.27. The Balaban J connectivity index is 0.00000363. The van der Waals surface area contributed by atoms with Gasteiger partial charge in [0.25, 0.3) is 0 Å². The van der Waals surface area contributed by atoms with Crippen molar-refractivity contribution in [2.75, 3.05) is 32.7 Å². The number of amides is 1. The fourth-order valence-electron chi connectivity index (χ4n) is 4.51. The van der Waals surface area contributed by atoms with Crippen molar-refractivity contribution in [3.8, 4) is 0 Å². The summed E-state index contributed by atoms with van der Waals surface area (Å²) >= 11 is 0. The molecule has 1 amide bonds. The van der Waals surface area contributed by atoms with Crippen molar-refractivity contribution >= 4 is 35.8 Å². The van der Waals surface area contributed by atoms with Crippen LogP contribution in [0, 0.1) is 5.92 Å². The average molecular weight is 556 g/mol. The van der Waals surface area contributed by atoms with E-state index in [0.717, 1.165) is 38.6 Å². The van der Waals surface area contributed by atoms with E-state index in [2.05, 4.69) is 46.7 Å². The Bertz CT molecular complexity index is 731. The van der Waals surface area contributed by atoms with E-state index in [1.54, 1.807) is 0 Å². The molecule has 1 atom stereocenters. The van der Waals surface area contributed by atoms with Crippen LogP contribution in [0.3, 0.4) is 0 Å². The lowest BCUT2D eigenvalue weighted by Gasteiger charge is -2.20. The van der Waals surface area contributed by atoms with Crippen LogP contribution >= 0.6 is 24.0 Å². The van der Waals surface area contributed by atoms with Crippen LogP contribution in [0.4, 0.5) is 0 Å². The van der Waals surface area contributed by atoms with E-state index in [0.29, 0.717) is 6.54 Å². The minimum atomic E-state index is 0. The number of benzene rings is 1. The number of guanidine groups is 1.